The number of hydrogen-bond acceptors (Lipinski definition) is 6. The second-order valence-corrected chi connectivity index (χ2v) is 10.1. The maximum atomic E-state index is 14.1. The molecule has 3 rings (SSSR count). The Labute approximate surface area is 173 Å². The molecule has 2 aromatic rings. The fraction of sp³-hybridized carbons (Fsp3) is 0.455. The van der Waals surface area contributed by atoms with Crippen LogP contribution in [0.15, 0.2) is 53.4 Å². The van der Waals surface area contributed by atoms with E-state index in [9.17, 15) is 13.5 Å². The summed E-state index contributed by atoms with van der Waals surface area (Å²) < 4.78 is 33.7. The average molecular weight is 419 g/mol. The lowest BCUT2D eigenvalue weighted by atomic mass is 9.98. The lowest BCUT2D eigenvalue weighted by molar-refractivity contribution is 0.145. The van der Waals surface area contributed by atoms with Gasteiger partial charge in [-0.1, -0.05) is 44.2 Å². The SMILES string of the molecule is CC(C)CNC(CC(O)CN)(c1ccccc1)S(=O)(=O)c1ccc2c(c1)CCO2. The van der Waals surface area contributed by atoms with Gasteiger partial charge in [-0.3, -0.25) is 5.32 Å². The van der Waals surface area contributed by atoms with Gasteiger partial charge in [-0.05, 0) is 41.8 Å². The summed E-state index contributed by atoms with van der Waals surface area (Å²) in [6.07, 6.45) is -0.333. The molecule has 0 spiro atoms. The van der Waals surface area contributed by atoms with Gasteiger partial charge in [-0.15, -0.1) is 0 Å². The number of hydrogen-bond donors (Lipinski definition) is 3. The molecule has 1 heterocycles. The number of nitrogens with one attached hydrogen (secondary N) is 1. The van der Waals surface area contributed by atoms with E-state index in [4.69, 9.17) is 10.5 Å². The minimum absolute atomic E-state index is 0.0223. The number of aliphatic hydroxyl groups excluding tert-OH is 1. The first-order valence-corrected chi connectivity index (χ1v) is 11.5. The lowest BCUT2D eigenvalue weighted by Crippen LogP contribution is -2.53. The van der Waals surface area contributed by atoms with Crippen molar-refractivity contribution in [1.29, 1.82) is 0 Å². The first-order valence-electron chi connectivity index (χ1n) is 9.99. The quantitative estimate of drug-likeness (QED) is 0.577. The van der Waals surface area contributed by atoms with Gasteiger partial charge in [-0.2, -0.15) is 0 Å². The van der Waals surface area contributed by atoms with Gasteiger partial charge < -0.3 is 15.6 Å². The van der Waals surface area contributed by atoms with Crippen molar-refractivity contribution in [2.24, 2.45) is 11.7 Å². The van der Waals surface area contributed by atoms with Crippen LogP contribution in [0.4, 0.5) is 0 Å². The Hall–Kier alpha value is -1.93. The first kappa shape index (κ1) is 21.8. The Morgan fingerprint density at radius 1 is 1.21 bits per heavy atom. The third-order valence-electron chi connectivity index (χ3n) is 5.26. The van der Waals surface area contributed by atoms with Crippen molar-refractivity contribution in [2.45, 2.75) is 42.6 Å². The highest BCUT2D eigenvalue weighted by Crippen LogP contribution is 2.39. The molecular formula is C22H30N2O4S. The van der Waals surface area contributed by atoms with Gasteiger partial charge in [0.15, 0.2) is 4.87 Å². The van der Waals surface area contributed by atoms with Crippen molar-refractivity contribution in [3.63, 3.8) is 0 Å². The van der Waals surface area contributed by atoms with Gasteiger partial charge in [-0.25, -0.2) is 8.42 Å². The van der Waals surface area contributed by atoms with Crippen LogP contribution in [0.25, 0.3) is 0 Å². The van der Waals surface area contributed by atoms with Gasteiger partial charge in [0.05, 0.1) is 17.6 Å². The lowest BCUT2D eigenvalue weighted by Gasteiger charge is -2.37. The molecule has 7 heteroatoms. The van der Waals surface area contributed by atoms with Crippen molar-refractivity contribution >= 4 is 9.84 Å². The highest BCUT2D eigenvalue weighted by Gasteiger charge is 2.47. The van der Waals surface area contributed by atoms with E-state index in [-0.39, 0.29) is 23.8 Å². The number of benzene rings is 2. The Balaban J connectivity index is 2.18. The van der Waals surface area contributed by atoms with Crippen LogP contribution in [-0.2, 0) is 21.1 Å². The highest BCUT2D eigenvalue weighted by molar-refractivity contribution is 7.92. The predicted molar refractivity (Wildman–Crippen MR) is 113 cm³/mol. The number of aliphatic hydroxyl groups is 1. The number of fused-ring (bicyclic) bond motifs is 1. The van der Waals surface area contributed by atoms with Crippen LogP contribution in [0.1, 0.15) is 31.4 Å². The van der Waals surface area contributed by atoms with Crippen molar-refractivity contribution < 1.29 is 18.3 Å². The molecule has 0 aromatic heterocycles. The molecule has 2 aromatic carbocycles. The monoisotopic (exact) mass is 418 g/mol. The molecule has 4 N–H and O–H groups in total. The second kappa shape index (κ2) is 8.83. The third kappa shape index (κ3) is 4.33. The van der Waals surface area contributed by atoms with Crippen LogP contribution in [0.3, 0.4) is 0 Å². The van der Waals surface area contributed by atoms with Crippen LogP contribution in [-0.4, -0.2) is 39.3 Å². The maximum absolute atomic E-state index is 14.1. The molecular weight excluding hydrogens is 388 g/mol. The van der Waals surface area contributed by atoms with Crippen molar-refractivity contribution in [3.05, 3.63) is 59.7 Å². The summed E-state index contributed by atoms with van der Waals surface area (Å²) in [5.74, 6) is 0.947. The number of ether oxygens (including phenoxy) is 1. The molecule has 0 saturated heterocycles. The zero-order valence-corrected chi connectivity index (χ0v) is 17.8. The molecule has 1 aliphatic rings. The zero-order chi connectivity index (χ0) is 21.1. The molecule has 1 aliphatic heterocycles. The largest absolute Gasteiger partial charge is 0.493 e. The smallest absolute Gasteiger partial charge is 0.201 e. The zero-order valence-electron chi connectivity index (χ0n) is 17.0. The molecule has 0 amide bonds. The minimum atomic E-state index is -3.92. The van der Waals surface area contributed by atoms with E-state index in [1.54, 1.807) is 30.3 Å². The summed E-state index contributed by atoms with van der Waals surface area (Å²) in [4.78, 5) is -1.28. The molecule has 2 unspecified atom stereocenters. The van der Waals surface area contributed by atoms with E-state index < -0.39 is 20.8 Å². The highest BCUT2D eigenvalue weighted by atomic mass is 32.2. The topological polar surface area (TPSA) is 102 Å². The van der Waals surface area contributed by atoms with E-state index in [2.05, 4.69) is 5.32 Å². The van der Waals surface area contributed by atoms with E-state index >= 15 is 0 Å². The van der Waals surface area contributed by atoms with Gasteiger partial charge in [0.2, 0.25) is 9.84 Å². The predicted octanol–water partition coefficient (Wildman–Crippen LogP) is 2.20. The molecule has 158 valence electrons. The first-order chi connectivity index (χ1) is 13.8. The van der Waals surface area contributed by atoms with Crippen LogP contribution >= 0.6 is 0 Å². The second-order valence-electron chi connectivity index (χ2n) is 7.93. The Bertz CT molecular complexity index is 931. The summed E-state index contributed by atoms with van der Waals surface area (Å²) in [7, 11) is -3.92. The third-order valence-corrected chi connectivity index (χ3v) is 7.60. The van der Waals surface area contributed by atoms with E-state index in [0.717, 1.165) is 11.3 Å². The van der Waals surface area contributed by atoms with Crippen molar-refractivity contribution in [2.75, 3.05) is 19.7 Å². The molecule has 0 aliphatic carbocycles. The summed E-state index contributed by atoms with van der Waals surface area (Å²) in [6, 6.07) is 14.0. The van der Waals surface area contributed by atoms with Crippen molar-refractivity contribution in [3.8, 4) is 5.75 Å². The summed E-state index contributed by atoms with van der Waals surface area (Å²) >= 11 is 0. The molecule has 0 bridgehead atoms. The molecule has 0 radical (unpaired) electrons. The average Bonchev–Trinajstić information content (AvgIpc) is 3.19. The maximum Gasteiger partial charge on any atom is 0.201 e. The fourth-order valence-corrected chi connectivity index (χ4v) is 5.75. The molecule has 29 heavy (non-hydrogen) atoms. The number of rotatable bonds is 9. The summed E-state index contributed by atoms with van der Waals surface area (Å²) in [6.45, 7) is 5.04. The standard InChI is InChI=1S/C22H30N2O4S/c1-16(2)15-24-22(13-19(25)14-23,18-6-4-3-5-7-18)29(26,27)20-8-9-21-17(12-20)10-11-28-21/h3-9,12,16,19,24-25H,10-11,13-15,23H2,1-2H3. The van der Waals surface area contributed by atoms with Crippen LogP contribution in [0.5, 0.6) is 5.75 Å². The van der Waals surface area contributed by atoms with Crippen LogP contribution < -0.4 is 15.8 Å². The van der Waals surface area contributed by atoms with Gasteiger partial charge in [0.1, 0.15) is 5.75 Å². The normalized spacial score (nSPS) is 16.9. The molecule has 0 saturated carbocycles. The number of sulfone groups is 1. The van der Waals surface area contributed by atoms with E-state index in [1.807, 2.05) is 32.0 Å². The van der Waals surface area contributed by atoms with Gasteiger partial charge >= 0.3 is 0 Å². The number of nitrogens with two attached hydrogens (primary N) is 1. The molecule has 6 nitrogen and oxygen atoms in total. The van der Waals surface area contributed by atoms with Crippen LogP contribution in [0.2, 0.25) is 0 Å². The summed E-state index contributed by atoms with van der Waals surface area (Å²) in [5.41, 5.74) is 7.15. The molecule has 2 atom stereocenters. The Kier molecular flexibility index (Phi) is 6.63. The van der Waals surface area contributed by atoms with Crippen molar-refractivity contribution in [1.82, 2.24) is 5.32 Å². The van der Waals surface area contributed by atoms with E-state index in [0.29, 0.717) is 25.1 Å². The summed E-state index contributed by atoms with van der Waals surface area (Å²) in [5, 5.41) is 13.7. The van der Waals surface area contributed by atoms with Gasteiger partial charge in [0.25, 0.3) is 0 Å². The Morgan fingerprint density at radius 2 is 1.93 bits per heavy atom. The van der Waals surface area contributed by atoms with Crippen LogP contribution in [0, 0.1) is 5.92 Å². The Morgan fingerprint density at radius 3 is 2.59 bits per heavy atom. The van der Waals surface area contributed by atoms with Gasteiger partial charge in [0, 0.05) is 19.4 Å². The molecule has 0 fully saturated rings. The fourth-order valence-electron chi connectivity index (χ4n) is 3.67. The minimum Gasteiger partial charge on any atom is -0.493 e. The van der Waals surface area contributed by atoms with E-state index in [1.165, 1.54) is 0 Å².